The Morgan fingerprint density at radius 1 is 1.45 bits per heavy atom. The van der Waals surface area contributed by atoms with Crippen LogP contribution in [0, 0.1) is 17.1 Å². The molecule has 0 unspecified atom stereocenters. The molecule has 0 bridgehead atoms. The fraction of sp³-hybridized carbons (Fsp3) is 0.0714. The van der Waals surface area contributed by atoms with E-state index in [0.29, 0.717) is 10.7 Å². The van der Waals surface area contributed by atoms with E-state index in [9.17, 15) is 9.18 Å². The third-order valence-electron chi connectivity index (χ3n) is 2.50. The molecule has 1 aromatic carbocycles. The lowest BCUT2D eigenvalue weighted by atomic mass is 10.2. The van der Waals surface area contributed by atoms with Crippen molar-refractivity contribution in [2.45, 2.75) is 0 Å². The highest BCUT2D eigenvalue weighted by molar-refractivity contribution is 7.13. The number of aromatic nitrogens is 1. The van der Waals surface area contributed by atoms with Gasteiger partial charge in [0.25, 0.3) is 5.91 Å². The van der Waals surface area contributed by atoms with Crippen molar-refractivity contribution < 1.29 is 9.18 Å². The first-order valence-corrected chi connectivity index (χ1v) is 6.57. The highest BCUT2D eigenvalue weighted by Crippen LogP contribution is 2.24. The summed E-state index contributed by atoms with van der Waals surface area (Å²) in [6, 6.07) is 7.80. The van der Waals surface area contributed by atoms with Crippen molar-refractivity contribution in [2.75, 3.05) is 7.05 Å². The smallest absolute Gasteiger partial charge is 0.261 e. The van der Waals surface area contributed by atoms with Crippen molar-refractivity contribution >= 4 is 23.3 Å². The van der Waals surface area contributed by atoms with Gasteiger partial charge in [-0.2, -0.15) is 5.26 Å². The zero-order valence-electron chi connectivity index (χ0n) is 10.6. The summed E-state index contributed by atoms with van der Waals surface area (Å²) in [4.78, 5) is 15.7. The van der Waals surface area contributed by atoms with Crippen LogP contribution >= 0.6 is 11.3 Å². The van der Waals surface area contributed by atoms with Crippen molar-refractivity contribution in [3.8, 4) is 16.6 Å². The van der Waals surface area contributed by atoms with E-state index in [1.165, 1.54) is 36.6 Å². The van der Waals surface area contributed by atoms with Crippen LogP contribution in [0.2, 0.25) is 0 Å². The molecule has 0 saturated heterocycles. The standard InChI is InChI=1S/C14H10FN3OS/c1-17-13(19)10(7-16)6-12-8-20-14(18-12)9-2-4-11(15)5-3-9/h2-6,8H,1H3,(H,17,19)/b10-6+. The average Bonchev–Trinajstić information content (AvgIpc) is 2.93. The molecule has 4 nitrogen and oxygen atoms in total. The third-order valence-corrected chi connectivity index (χ3v) is 3.41. The first kappa shape index (κ1) is 13.9. The minimum atomic E-state index is -0.455. The third kappa shape index (κ3) is 3.08. The fourth-order valence-corrected chi connectivity index (χ4v) is 2.29. The van der Waals surface area contributed by atoms with Crippen molar-refractivity contribution in [3.05, 3.63) is 46.7 Å². The number of nitrogens with zero attached hydrogens (tertiary/aromatic N) is 2. The second-order valence-corrected chi connectivity index (χ2v) is 4.69. The zero-order valence-corrected chi connectivity index (χ0v) is 11.4. The Balaban J connectivity index is 2.29. The van der Waals surface area contributed by atoms with Crippen LogP contribution in [0.25, 0.3) is 16.6 Å². The second-order valence-electron chi connectivity index (χ2n) is 3.83. The maximum atomic E-state index is 12.8. The molecule has 1 N–H and O–H groups in total. The van der Waals surface area contributed by atoms with Crippen molar-refractivity contribution in [2.24, 2.45) is 0 Å². The lowest BCUT2D eigenvalue weighted by molar-refractivity contribution is -0.116. The first-order chi connectivity index (χ1) is 9.63. The van der Waals surface area contributed by atoms with Crippen LogP contribution in [0.15, 0.2) is 35.2 Å². The van der Waals surface area contributed by atoms with Gasteiger partial charge in [0.15, 0.2) is 0 Å². The number of hydrogen-bond acceptors (Lipinski definition) is 4. The largest absolute Gasteiger partial charge is 0.354 e. The maximum Gasteiger partial charge on any atom is 0.261 e. The summed E-state index contributed by atoms with van der Waals surface area (Å²) >= 11 is 1.36. The molecular weight excluding hydrogens is 277 g/mol. The predicted octanol–water partition coefficient (Wildman–Crippen LogP) is 2.60. The topological polar surface area (TPSA) is 65.8 Å². The molecule has 1 amide bonds. The molecular formula is C14H10FN3OS. The lowest BCUT2D eigenvalue weighted by Crippen LogP contribution is -2.19. The predicted molar refractivity (Wildman–Crippen MR) is 75.2 cm³/mol. The number of amides is 1. The number of halogens is 1. The van der Waals surface area contributed by atoms with E-state index in [1.54, 1.807) is 17.5 Å². The van der Waals surface area contributed by atoms with Crippen LogP contribution < -0.4 is 5.32 Å². The van der Waals surface area contributed by atoms with Gasteiger partial charge in [-0.25, -0.2) is 9.37 Å². The van der Waals surface area contributed by atoms with Gasteiger partial charge < -0.3 is 5.32 Å². The molecule has 0 fully saturated rings. The molecule has 1 aromatic heterocycles. The molecule has 0 radical (unpaired) electrons. The summed E-state index contributed by atoms with van der Waals surface area (Å²) in [7, 11) is 1.46. The highest BCUT2D eigenvalue weighted by atomic mass is 32.1. The maximum absolute atomic E-state index is 12.8. The Labute approximate surface area is 119 Å². The summed E-state index contributed by atoms with van der Waals surface area (Å²) < 4.78 is 12.8. The number of rotatable bonds is 3. The Morgan fingerprint density at radius 2 is 2.15 bits per heavy atom. The minimum Gasteiger partial charge on any atom is -0.354 e. The average molecular weight is 287 g/mol. The minimum absolute atomic E-state index is 0.0107. The molecule has 6 heteroatoms. The summed E-state index contributed by atoms with van der Waals surface area (Å²) in [6.07, 6.45) is 1.42. The van der Waals surface area contributed by atoms with Gasteiger partial charge in [-0.15, -0.1) is 11.3 Å². The number of nitrogens with one attached hydrogen (secondary N) is 1. The normalized spacial score (nSPS) is 10.9. The molecule has 0 atom stereocenters. The van der Waals surface area contributed by atoms with Gasteiger partial charge in [0.05, 0.1) is 5.69 Å². The molecule has 0 saturated carbocycles. The van der Waals surface area contributed by atoms with Crippen LogP contribution in [-0.2, 0) is 4.79 Å². The van der Waals surface area contributed by atoms with Gasteiger partial charge in [0, 0.05) is 18.0 Å². The highest BCUT2D eigenvalue weighted by Gasteiger charge is 2.09. The Kier molecular flexibility index (Phi) is 4.23. The molecule has 100 valence electrons. The SMILES string of the molecule is CNC(=O)/C(C#N)=C/c1csc(-c2ccc(F)cc2)n1. The molecule has 0 aliphatic rings. The number of likely N-dealkylation sites (N-methyl/N-ethyl adjacent to an activating group) is 1. The van der Waals surface area contributed by atoms with Gasteiger partial charge in [0.1, 0.15) is 22.5 Å². The van der Waals surface area contributed by atoms with E-state index in [-0.39, 0.29) is 11.4 Å². The molecule has 0 aliphatic heterocycles. The van der Waals surface area contributed by atoms with Crippen LogP contribution in [-0.4, -0.2) is 17.9 Å². The van der Waals surface area contributed by atoms with E-state index in [0.717, 1.165) is 5.56 Å². The monoisotopic (exact) mass is 287 g/mol. The van der Waals surface area contributed by atoms with Crippen molar-refractivity contribution in [3.63, 3.8) is 0 Å². The van der Waals surface area contributed by atoms with Crippen molar-refractivity contribution in [1.29, 1.82) is 5.26 Å². The molecule has 0 aliphatic carbocycles. The van der Waals surface area contributed by atoms with Crippen LogP contribution in [0.3, 0.4) is 0 Å². The Morgan fingerprint density at radius 3 is 2.75 bits per heavy atom. The van der Waals surface area contributed by atoms with Gasteiger partial charge in [-0.3, -0.25) is 4.79 Å². The molecule has 0 spiro atoms. The van der Waals surface area contributed by atoms with Crippen LogP contribution in [0.4, 0.5) is 4.39 Å². The zero-order chi connectivity index (χ0) is 14.5. The number of benzene rings is 1. The Bertz CT molecular complexity index is 698. The molecule has 1 heterocycles. The van der Waals surface area contributed by atoms with Gasteiger partial charge in [-0.1, -0.05) is 0 Å². The van der Waals surface area contributed by atoms with E-state index >= 15 is 0 Å². The van der Waals surface area contributed by atoms with E-state index < -0.39 is 5.91 Å². The van der Waals surface area contributed by atoms with E-state index in [1.807, 2.05) is 6.07 Å². The number of carbonyl (C=O) groups excluding carboxylic acids is 1. The summed E-state index contributed by atoms with van der Waals surface area (Å²) in [5.74, 6) is -0.763. The van der Waals surface area contributed by atoms with Crippen LogP contribution in [0.5, 0.6) is 0 Å². The van der Waals surface area contributed by atoms with Crippen LogP contribution in [0.1, 0.15) is 5.69 Å². The number of carbonyl (C=O) groups is 1. The van der Waals surface area contributed by atoms with Crippen molar-refractivity contribution in [1.82, 2.24) is 10.3 Å². The summed E-state index contributed by atoms with van der Waals surface area (Å²) in [6.45, 7) is 0. The first-order valence-electron chi connectivity index (χ1n) is 5.69. The number of hydrogen-bond donors (Lipinski definition) is 1. The lowest BCUT2D eigenvalue weighted by Gasteiger charge is -1.96. The summed E-state index contributed by atoms with van der Waals surface area (Å²) in [5, 5.41) is 13.7. The fourth-order valence-electron chi connectivity index (χ4n) is 1.51. The van der Waals surface area contributed by atoms with Gasteiger partial charge in [-0.05, 0) is 30.3 Å². The molecule has 2 aromatic rings. The quantitative estimate of drug-likeness (QED) is 0.697. The number of nitriles is 1. The van der Waals surface area contributed by atoms with Gasteiger partial charge >= 0.3 is 0 Å². The second kappa shape index (κ2) is 6.08. The van der Waals surface area contributed by atoms with E-state index in [4.69, 9.17) is 5.26 Å². The Hall–Kier alpha value is -2.52. The molecule has 2 rings (SSSR count). The van der Waals surface area contributed by atoms with Gasteiger partial charge in [0.2, 0.25) is 0 Å². The van der Waals surface area contributed by atoms with E-state index in [2.05, 4.69) is 10.3 Å². The molecule has 20 heavy (non-hydrogen) atoms. The summed E-state index contributed by atoms with van der Waals surface area (Å²) in [5.41, 5.74) is 1.30. The number of thiazole rings is 1.